The Labute approximate surface area is 142 Å². The highest BCUT2D eigenvalue weighted by atomic mass is 14.3. The van der Waals surface area contributed by atoms with E-state index in [4.69, 9.17) is 0 Å². The summed E-state index contributed by atoms with van der Waals surface area (Å²) in [6.07, 6.45) is 3.76. The topological polar surface area (TPSA) is 0 Å². The summed E-state index contributed by atoms with van der Waals surface area (Å²) in [5, 5.41) is 5.43. The van der Waals surface area contributed by atoms with Gasteiger partial charge in [0.25, 0.3) is 0 Å². The molecule has 0 aliphatic heterocycles. The Morgan fingerprint density at radius 2 is 1.33 bits per heavy atom. The van der Waals surface area contributed by atoms with Crippen molar-refractivity contribution in [2.45, 2.75) is 25.2 Å². The highest BCUT2D eigenvalue weighted by Gasteiger charge is 2.22. The first-order valence-electron chi connectivity index (χ1n) is 8.89. The SMILES string of the molecule is c1ccc2c(c1)CCCC2c1cccc2cc3ccccc3cc12. The molecule has 1 aliphatic rings. The predicted octanol–water partition coefficient (Wildman–Crippen LogP) is 6.46. The first-order chi connectivity index (χ1) is 11.9. The molecule has 0 amide bonds. The standard InChI is InChI=1S/C24H20/c1-2-9-19-16-24-20(15-18(19)8-1)11-6-14-23(24)22-13-5-10-17-7-3-4-12-21(17)22/h1-4,6-9,11-12,14-16,22H,5,10,13H2. The van der Waals surface area contributed by atoms with Crippen molar-refractivity contribution >= 4 is 21.5 Å². The van der Waals surface area contributed by atoms with Gasteiger partial charge in [0.1, 0.15) is 0 Å². The van der Waals surface area contributed by atoms with Crippen LogP contribution in [0.2, 0.25) is 0 Å². The fourth-order valence-corrected chi connectivity index (χ4v) is 4.37. The number of hydrogen-bond donors (Lipinski definition) is 0. The molecule has 4 aromatic rings. The van der Waals surface area contributed by atoms with Gasteiger partial charge in [-0.25, -0.2) is 0 Å². The van der Waals surface area contributed by atoms with Crippen LogP contribution in [0.3, 0.4) is 0 Å². The highest BCUT2D eigenvalue weighted by Crippen LogP contribution is 2.40. The number of fused-ring (bicyclic) bond motifs is 3. The van der Waals surface area contributed by atoms with E-state index >= 15 is 0 Å². The van der Waals surface area contributed by atoms with Gasteiger partial charge in [-0.1, -0.05) is 66.7 Å². The molecule has 0 saturated carbocycles. The van der Waals surface area contributed by atoms with Gasteiger partial charge in [0.15, 0.2) is 0 Å². The van der Waals surface area contributed by atoms with E-state index in [1.165, 1.54) is 57.5 Å². The lowest BCUT2D eigenvalue weighted by Crippen LogP contribution is -2.11. The molecule has 0 nitrogen and oxygen atoms in total. The van der Waals surface area contributed by atoms with E-state index in [1.807, 2.05) is 0 Å². The van der Waals surface area contributed by atoms with E-state index in [1.54, 1.807) is 0 Å². The van der Waals surface area contributed by atoms with Crippen LogP contribution in [0, 0.1) is 0 Å². The summed E-state index contributed by atoms with van der Waals surface area (Å²) < 4.78 is 0. The summed E-state index contributed by atoms with van der Waals surface area (Å²) in [4.78, 5) is 0. The van der Waals surface area contributed by atoms with Crippen LogP contribution in [0.1, 0.15) is 35.4 Å². The summed E-state index contributed by atoms with van der Waals surface area (Å²) in [5.74, 6) is 0.528. The molecule has 24 heavy (non-hydrogen) atoms. The van der Waals surface area contributed by atoms with E-state index in [0.29, 0.717) is 5.92 Å². The van der Waals surface area contributed by atoms with Crippen LogP contribution < -0.4 is 0 Å². The molecule has 116 valence electrons. The van der Waals surface area contributed by atoms with Crippen molar-refractivity contribution in [3.05, 3.63) is 95.6 Å². The number of benzene rings is 4. The lowest BCUT2D eigenvalue weighted by molar-refractivity contribution is 0.619. The molecule has 0 radical (unpaired) electrons. The summed E-state index contributed by atoms with van der Waals surface area (Å²) in [6, 6.07) is 29.2. The third-order valence-corrected chi connectivity index (χ3v) is 5.53. The first-order valence-corrected chi connectivity index (χ1v) is 8.89. The van der Waals surface area contributed by atoms with Crippen molar-refractivity contribution in [1.29, 1.82) is 0 Å². The zero-order valence-electron chi connectivity index (χ0n) is 13.7. The summed E-state index contributed by atoms with van der Waals surface area (Å²) in [6.45, 7) is 0. The van der Waals surface area contributed by atoms with Crippen LogP contribution in [-0.2, 0) is 6.42 Å². The molecule has 0 spiro atoms. The molecule has 4 aromatic carbocycles. The lowest BCUT2D eigenvalue weighted by Gasteiger charge is -2.27. The van der Waals surface area contributed by atoms with E-state index in [2.05, 4.69) is 78.9 Å². The Bertz CT molecular complexity index is 1040. The fraction of sp³-hybridized carbons (Fsp3) is 0.167. The molecule has 1 aliphatic carbocycles. The normalized spacial score (nSPS) is 17.1. The van der Waals surface area contributed by atoms with Crippen molar-refractivity contribution in [3.8, 4) is 0 Å². The van der Waals surface area contributed by atoms with Gasteiger partial charge in [0.05, 0.1) is 0 Å². The van der Waals surface area contributed by atoms with Crippen molar-refractivity contribution in [2.75, 3.05) is 0 Å². The van der Waals surface area contributed by atoms with Crippen LogP contribution in [0.25, 0.3) is 21.5 Å². The van der Waals surface area contributed by atoms with Gasteiger partial charge in [0.2, 0.25) is 0 Å². The largest absolute Gasteiger partial charge is 0.0620 e. The van der Waals surface area contributed by atoms with E-state index in [0.717, 1.165) is 0 Å². The number of aryl methyl sites for hydroxylation is 1. The van der Waals surface area contributed by atoms with E-state index < -0.39 is 0 Å². The minimum Gasteiger partial charge on any atom is -0.0620 e. The molecule has 0 saturated heterocycles. The van der Waals surface area contributed by atoms with Crippen molar-refractivity contribution in [2.24, 2.45) is 0 Å². The Balaban J connectivity index is 1.77. The van der Waals surface area contributed by atoms with Crippen LogP contribution >= 0.6 is 0 Å². The second kappa shape index (κ2) is 5.49. The van der Waals surface area contributed by atoms with E-state index in [9.17, 15) is 0 Å². The third kappa shape index (κ3) is 2.14. The number of hydrogen-bond acceptors (Lipinski definition) is 0. The second-order valence-corrected chi connectivity index (χ2v) is 6.91. The monoisotopic (exact) mass is 308 g/mol. The van der Waals surface area contributed by atoms with Crippen LogP contribution in [0.15, 0.2) is 78.9 Å². The molecule has 0 N–H and O–H groups in total. The maximum atomic E-state index is 2.39. The minimum absolute atomic E-state index is 0.528. The molecule has 1 unspecified atom stereocenters. The molecule has 0 heteroatoms. The van der Waals surface area contributed by atoms with Gasteiger partial charge in [-0.05, 0) is 69.6 Å². The quantitative estimate of drug-likeness (QED) is 0.354. The minimum atomic E-state index is 0.528. The Hall–Kier alpha value is -2.60. The second-order valence-electron chi connectivity index (χ2n) is 6.91. The van der Waals surface area contributed by atoms with Gasteiger partial charge in [-0.15, -0.1) is 0 Å². The molecule has 1 atom stereocenters. The maximum absolute atomic E-state index is 2.39. The van der Waals surface area contributed by atoms with Crippen molar-refractivity contribution < 1.29 is 0 Å². The summed E-state index contributed by atoms with van der Waals surface area (Å²) in [5.41, 5.74) is 4.56. The van der Waals surface area contributed by atoms with Gasteiger partial charge < -0.3 is 0 Å². The fourth-order valence-electron chi connectivity index (χ4n) is 4.37. The average molecular weight is 308 g/mol. The smallest absolute Gasteiger partial charge is 0.00983 e. The van der Waals surface area contributed by atoms with Crippen LogP contribution in [0.5, 0.6) is 0 Å². The van der Waals surface area contributed by atoms with Gasteiger partial charge >= 0.3 is 0 Å². The van der Waals surface area contributed by atoms with E-state index in [-0.39, 0.29) is 0 Å². The summed E-state index contributed by atoms with van der Waals surface area (Å²) in [7, 11) is 0. The highest BCUT2D eigenvalue weighted by molar-refractivity contribution is 6.00. The van der Waals surface area contributed by atoms with Crippen LogP contribution in [-0.4, -0.2) is 0 Å². The molecule has 5 rings (SSSR count). The Morgan fingerprint density at radius 3 is 2.25 bits per heavy atom. The van der Waals surface area contributed by atoms with Crippen LogP contribution in [0.4, 0.5) is 0 Å². The third-order valence-electron chi connectivity index (χ3n) is 5.53. The first kappa shape index (κ1) is 13.8. The zero-order valence-corrected chi connectivity index (χ0v) is 13.7. The molecular formula is C24H20. The van der Waals surface area contributed by atoms with Gasteiger partial charge in [-0.3, -0.25) is 0 Å². The summed E-state index contributed by atoms with van der Waals surface area (Å²) >= 11 is 0. The molecular weight excluding hydrogens is 288 g/mol. The van der Waals surface area contributed by atoms with Gasteiger partial charge in [-0.2, -0.15) is 0 Å². The van der Waals surface area contributed by atoms with Crippen molar-refractivity contribution in [1.82, 2.24) is 0 Å². The zero-order chi connectivity index (χ0) is 15.9. The molecule has 0 bridgehead atoms. The van der Waals surface area contributed by atoms with Gasteiger partial charge in [0, 0.05) is 5.92 Å². The lowest BCUT2D eigenvalue weighted by atomic mass is 9.77. The Kier molecular flexibility index (Phi) is 3.16. The Morgan fingerprint density at radius 1 is 0.625 bits per heavy atom. The molecule has 0 heterocycles. The number of rotatable bonds is 1. The predicted molar refractivity (Wildman–Crippen MR) is 103 cm³/mol. The molecule has 0 aromatic heterocycles. The molecule has 0 fully saturated rings. The average Bonchev–Trinajstić information content (AvgIpc) is 2.65. The van der Waals surface area contributed by atoms with Crippen molar-refractivity contribution in [3.63, 3.8) is 0 Å². The maximum Gasteiger partial charge on any atom is 0.00983 e.